The zero-order chi connectivity index (χ0) is 22.6. The molecule has 0 amide bonds. The van der Waals surface area contributed by atoms with Gasteiger partial charge in [-0.1, -0.05) is 26.8 Å². The molecule has 1 N–H and O–H groups in total. The van der Waals surface area contributed by atoms with E-state index in [0.717, 1.165) is 17.9 Å². The second kappa shape index (κ2) is 8.34. The lowest BCUT2D eigenvalue weighted by molar-refractivity contribution is -0.220. The third-order valence-electron chi connectivity index (χ3n) is 7.07. The van der Waals surface area contributed by atoms with Crippen molar-refractivity contribution in [1.29, 1.82) is 0 Å². The molecule has 1 saturated carbocycles. The van der Waals surface area contributed by atoms with Crippen LogP contribution in [0.15, 0.2) is 24.0 Å². The van der Waals surface area contributed by atoms with Gasteiger partial charge < -0.3 is 19.3 Å². The minimum absolute atomic E-state index is 0.0862. The summed E-state index contributed by atoms with van der Waals surface area (Å²) in [5.74, 6) is 1.92. The van der Waals surface area contributed by atoms with Gasteiger partial charge in [-0.3, -0.25) is 4.79 Å². The first-order valence-corrected chi connectivity index (χ1v) is 13.0. The lowest BCUT2D eigenvalue weighted by atomic mass is 9.64. The number of esters is 2. The van der Waals surface area contributed by atoms with Crippen molar-refractivity contribution in [1.82, 2.24) is 0 Å². The first-order chi connectivity index (χ1) is 14.7. The zero-order valence-corrected chi connectivity index (χ0v) is 20.2. The Bertz CT molecular complexity index is 804. The Morgan fingerprint density at radius 2 is 2.06 bits per heavy atom. The van der Waals surface area contributed by atoms with Crippen LogP contribution < -0.4 is 0 Å². The Morgan fingerprint density at radius 3 is 2.68 bits per heavy atom. The largest absolute Gasteiger partial charge is 0.487 e. The fraction of sp³-hybridized carbons (Fsp3) is 0.739. The summed E-state index contributed by atoms with van der Waals surface area (Å²) in [4.78, 5) is 24.6. The third-order valence-corrected chi connectivity index (χ3v) is 10.9. The van der Waals surface area contributed by atoms with Crippen LogP contribution >= 0.6 is 23.5 Å². The van der Waals surface area contributed by atoms with Crippen molar-refractivity contribution in [3.8, 4) is 0 Å². The Morgan fingerprint density at radius 1 is 1.39 bits per heavy atom. The summed E-state index contributed by atoms with van der Waals surface area (Å²) in [5.41, 5.74) is -0.329. The molecule has 3 saturated heterocycles. The molecule has 6 nitrogen and oxygen atoms in total. The van der Waals surface area contributed by atoms with Crippen molar-refractivity contribution in [2.45, 2.75) is 62.4 Å². The molecule has 0 aromatic rings. The summed E-state index contributed by atoms with van der Waals surface area (Å²) >= 11 is 3.57. The van der Waals surface area contributed by atoms with E-state index >= 15 is 0 Å². The van der Waals surface area contributed by atoms with E-state index in [2.05, 4.69) is 20.4 Å². The maximum absolute atomic E-state index is 13.4. The first-order valence-electron chi connectivity index (χ1n) is 11.0. The van der Waals surface area contributed by atoms with Crippen LogP contribution in [0.4, 0.5) is 0 Å². The Balaban J connectivity index is 1.71. The average molecular weight is 469 g/mol. The molecule has 172 valence electrons. The van der Waals surface area contributed by atoms with Gasteiger partial charge in [0.2, 0.25) is 0 Å². The minimum Gasteiger partial charge on any atom is -0.487 e. The van der Waals surface area contributed by atoms with Gasteiger partial charge in [-0.2, -0.15) is 0 Å². The van der Waals surface area contributed by atoms with Crippen molar-refractivity contribution in [2.75, 3.05) is 18.1 Å². The van der Waals surface area contributed by atoms with Gasteiger partial charge in [0.15, 0.2) is 11.4 Å². The lowest BCUT2D eigenvalue weighted by Gasteiger charge is -2.54. The van der Waals surface area contributed by atoms with E-state index in [4.69, 9.17) is 14.2 Å². The zero-order valence-electron chi connectivity index (χ0n) is 18.6. The Hall–Kier alpha value is -1.12. The van der Waals surface area contributed by atoms with Crippen LogP contribution in [-0.2, 0) is 23.8 Å². The molecule has 7 atom stereocenters. The van der Waals surface area contributed by atoms with Crippen molar-refractivity contribution in [3.63, 3.8) is 0 Å². The summed E-state index contributed by atoms with van der Waals surface area (Å²) in [5, 5.41) is 10.8. The minimum atomic E-state index is -0.957. The maximum Gasteiger partial charge on any atom is 0.340 e. The van der Waals surface area contributed by atoms with Crippen molar-refractivity contribution < 1.29 is 28.9 Å². The maximum atomic E-state index is 13.4. The number of carbonyl (C=O) groups excluding carboxylic acids is 2. The van der Waals surface area contributed by atoms with Gasteiger partial charge in [-0.05, 0) is 24.2 Å². The molecule has 4 heterocycles. The van der Waals surface area contributed by atoms with Gasteiger partial charge in [-0.25, -0.2) is 4.79 Å². The second-order valence-electron chi connectivity index (χ2n) is 9.41. The number of hydrogen-bond acceptors (Lipinski definition) is 8. The molecule has 0 aromatic carbocycles. The van der Waals surface area contributed by atoms with Crippen LogP contribution in [0.2, 0.25) is 0 Å². The number of rotatable bonds is 7. The number of carbonyl (C=O) groups is 2. The van der Waals surface area contributed by atoms with E-state index in [-0.39, 0.29) is 41.7 Å². The van der Waals surface area contributed by atoms with Gasteiger partial charge in [0.05, 0.1) is 16.6 Å². The van der Waals surface area contributed by atoms with E-state index in [1.165, 1.54) is 6.92 Å². The average Bonchev–Trinajstić information content (AvgIpc) is 3.28. The molecular formula is C23H32O6S2. The van der Waals surface area contributed by atoms with E-state index in [0.29, 0.717) is 24.4 Å². The van der Waals surface area contributed by atoms with Crippen molar-refractivity contribution in [3.05, 3.63) is 24.0 Å². The number of ether oxygens (including phenoxy) is 3. The number of fused-ring (bicyclic) bond motifs is 2. The van der Waals surface area contributed by atoms with E-state index in [1.807, 2.05) is 6.92 Å². The van der Waals surface area contributed by atoms with Crippen LogP contribution in [0.25, 0.3) is 0 Å². The van der Waals surface area contributed by atoms with Crippen LogP contribution in [-0.4, -0.2) is 57.0 Å². The van der Waals surface area contributed by atoms with Crippen molar-refractivity contribution >= 4 is 35.5 Å². The van der Waals surface area contributed by atoms with Crippen LogP contribution in [0.5, 0.6) is 0 Å². The molecule has 1 aliphatic carbocycles. The lowest BCUT2D eigenvalue weighted by Crippen LogP contribution is -2.63. The molecule has 0 radical (unpaired) electrons. The van der Waals surface area contributed by atoms with E-state index in [9.17, 15) is 14.7 Å². The topological polar surface area (TPSA) is 82.1 Å². The molecule has 31 heavy (non-hydrogen) atoms. The smallest absolute Gasteiger partial charge is 0.340 e. The molecule has 2 bridgehead atoms. The summed E-state index contributed by atoms with van der Waals surface area (Å²) in [6, 6.07) is 0. The third kappa shape index (κ3) is 3.53. The molecule has 0 aromatic heterocycles. The Labute approximate surface area is 192 Å². The molecule has 4 unspecified atom stereocenters. The molecule has 5 aliphatic rings. The van der Waals surface area contributed by atoms with Gasteiger partial charge in [0.25, 0.3) is 0 Å². The second-order valence-corrected chi connectivity index (χ2v) is 12.3. The monoisotopic (exact) mass is 468 g/mol. The summed E-state index contributed by atoms with van der Waals surface area (Å²) in [6.45, 7) is 12.0. The highest BCUT2D eigenvalue weighted by Gasteiger charge is 2.68. The normalized spacial score (nSPS) is 37.6. The Kier molecular flexibility index (Phi) is 6.20. The molecular weight excluding hydrogens is 436 g/mol. The predicted octanol–water partition coefficient (Wildman–Crippen LogP) is 3.54. The standard InChI is InChI=1S/C23H32O6S2/c1-6-16-18(25)19-13(3)10-22(16)20(28-19)17(21(26)29-22)23(30-7-8-31-23)14(4)9-12(2)11-27-15(5)24/h6,12-14,16,18-19,25H,1,7-11H2,2-5H3/t12-,13?,14+,16?,18?,19?,22+/m0/s1. The summed E-state index contributed by atoms with van der Waals surface area (Å²) in [7, 11) is 0. The van der Waals surface area contributed by atoms with E-state index in [1.54, 1.807) is 29.6 Å². The van der Waals surface area contributed by atoms with Gasteiger partial charge in [0.1, 0.15) is 17.8 Å². The fourth-order valence-corrected chi connectivity index (χ4v) is 9.28. The molecule has 4 aliphatic heterocycles. The summed E-state index contributed by atoms with van der Waals surface area (Å²) < 4.78 is 17.2. The van der Waals surface area contributed by atoms with Gasteiger partial charge in [-0.15, -0.1) is 30.1 Å². The molecule has 1 spiro atoms. The number of thioether (sulfide) groups is 2. The quantitative estimate of drug-likeness (QED) is 0.449. The number of hydrogen-bond donors (Lipinski definition) is 1. The highest BCUT2D eigenvalue weighted by atomic mass is 32.2. The number of aliphatic hydroxyl groups excluding tert-OH is 1. The summed E-state index contributed by atoms with van der Waals surface area (Å²) in [6.07, 6.45) is 2.05. The molecule has 8 heteroatoms. The van der Waals surface area contributed by atoms with Crippen LogP contribution in [0, 0.1) is 23.7 Å². The SMILES string of the molecule is C=CC1C(O)C2OC3=C(C4([C@H](C)C[C@H](C)COC(C)=O)SCCS4)C(=O)O[C@@]31CC2C. The van der Waals surface area contributed by atoms with Gasteiger partial charge in [0, 0.05) is 24.9 Å². The van der Waals surface area contributed by atoms with Crippen LogP contribution in [0.3, 0.4) is 0 Å². The first kappa shape index (κ1) is 23.1. The number of aliphatic hydroxyl groups is 1. The predicted molar refractivity (Wildman–Crippen MR) is 121 cm³/mol. The van der Waals surface area contributed by atoms with Crippen molar-refractivity contribution in [2.24, 2.45) is 23.7 Å². The highest BCUT2D eigenvalue weighted by Crippen LogP contribution is 2.63. The van der Waals surface area contributed by atoms with E-state index < -0.39 is 15.8 Å². The van der Waals surface area contributed by atoms with Crippen LogP contribution in [0.1, 0.15) is 40.5 Å². The molecule has 4 fully saturated rings. The van der Waals surface area contributed by atoms with Gasteiger partial charge >= 0.3 is 11.9 Å². The fourth-order valence-electron chi connectivity index (χ4n) is 5.77. The molecule has 5 rings (SSSR count). The highest BCUT2D eigenvalue weighted by molar-refractivity contribution is 8.21.